The molecule has 0 aliphatic heterocycles. The summed E-state index contributed by atoms with van der Waals surface area (Å²) >= 11 is 0. The molecule has 1 aromatic heterocycles. The Morgan fingerprint density at radius 3 is 2.50 bits per heavy atom. The molecule has 1 aromatic carbocycles. The molecule has 0 spiro atoms. The Morgan fingerprint density at radius 2 is 1.95 bits per heavy atom. The van der Waals surface area contributed by atoms with Gasteiger partial charge in [-0.05, 0) is 14.1 Å². The number of hydrogen-bond donors (Lipinski definition) is 0. The molecule has 0 aliphatic carbocycles. The average molecular weight is 279 g/mol. The van der Waals surface area contributed by atoms with Crippen molar-refractivity contribution in [3.63, 3.8) is 0 Å². The lowest BCUT2D eigenvalue weighted by Gasteiger charge is -2.09. The Labute approximate surface area is 113 Å². The first-order valence-corrected chi connectivity index (χ1v) is 5.83. The summed E-state index contributed by atoms with van der Waals surface area (Å²) in [5, 5.41) is 26.4. The molecule has 0 bridgehead atoms. The van der Waals surface area contributed by atoms with Crippen molar-refractivity contribution in [3.8, 4) is 0 Å². The lowest BCUT2D eigenvalue weighted by Crippen LogP contribution is -2.19. The van der Waals surface area contributed by atoms with Gasteiger partial charge in [0.2, 0.25) is 0 Å². The highest BCUT2D eigenvalue weighted by Crippen LogP contribution is 2.30. The summed E-state index contributed by atoms with van der Waals surface area (Å²) in [6.07, 6.45) is 1.41. The highest BCUT2D eigenvalue weighted by Gasteiger charge is 2.22. The average Bonchev–Trinajstić information content (AvgIpc) is 2.77. The van der Waals surface area contributed by atoms with Crippen molar-refractivity contribution in [2.45, 2.75) is 6.54 Å². The monoisotopic (exact) mass is 279 g/mol. The third-order valence-electron chi connectivity index (χ3n) is 2.86. The van der Waals surface area contributed by atoms with E-state index in [1.54, 1.807) is 0 Å². The van der Waals surface area contributed by atoms with Crippen molar-refractivity contribution in [1.29, 1.82) is 0 Å². The molecule has 0 saturated carbocycles. The zero-order valence-corrected chi connectivity index (χ0v) is 11.0. The second-order valence-electron chi connectivity index (χ2n) is 4.59. The summed E-state index contributed by atoms with van der Waals surface area (Å²) in [6.45, 7) is 1.13. The third-order valence-corrected chi connectivity index (χ3v) is 2.86. The highest BCUT2D eigenvalue weighted by molar-refractivity contribution is 5.89. The van der Waals surface area contributed by atoms with Gasteiger partial charge in [-0.2, -0.15) is 5.10 Å². The van der Waals surface area contributed by atoms with E-state index in [2.05, 4.69) is 5.10 Å². The fourth-order valence-corrected chi connectivity index (χ4v) is 1.90. The molecule has 0 aliphatic rings. The highest BCUT2D eigenvalue weighted by atomic mass is 16.6. The molecule has 20 heavy (non-hydrogen) atoms. The SMILES string of the molecule is CN(C)CCn1ncc2cc([N+](=O)[O-])cc([N+](=O)[O-])c21. The molecule has 9 heteroatoms. The molecule has 0 unspecified atom stereocenters. The summed E-state index contributed by atoms with van der Waals surface area (Å²) in [6, 6.07) is 2.26. The second-order valence-corrected chi connectivity index (χ2v) is 4.59. The number of benzene rings is 1. The first-order chi connectivity index (χ1) is 9.40. The smallest absolute Gasteiger partial charge is 0.301 e. The molecule has 0 radical (unpaired) electrons. The number of nitro groups is 2. The van der Waals surface area contributed by atoms with Crippen molar-refractivity contribution >= 4 is 22.3 Å². The molecule has 0 saturated heterocycles. The van der Waals surface area contributed by atoms with E-state index in [9.17, 15) is 20.2 Å². The summed E-state index contributed by atoms with van der Waals surface area (Å²) in [5.41, 5.74) is -0.302. The van der Waals surface area contributed by atoms with Crippen LogP contribution in [0.4, 0.5) is 11.4 Å². The lowest BCUT2D eigenvalue weighted by molar-refractivity contribution is -0.393. The van der Waals surface area contributed by atoms with E-state index in [-0.39, 0.29) is 11.4 Å². The first kappa shape index (κ1) is 13.9. The van der Waals surface area contributed by atoms with Crippen LogP contribution in [0.2, 0.25) is 0 Å². The fraction of sp³-hybridized carbons (Fsp3) is 0.364. The molecule has 2 aromatic rings. The number of nitrogens with zero attached hydrogens (tertiary/aromatic N) is 5. The van der Waals surface area contributed by atoms with Gasteiger partial charge >= 0.3 is 5.69 Å². The minimum absolute atomic E-state index is 0.301. The number of hydrogen-bond acceptors (Lipinski definition) is 6. The lowest BCUT2D eigenvalue weighted by atomic mass is 10.2. The topological polar surface area (TPSA) is 107 Å². The molecular formula is C11H13N5O4. The van der Waals surface area contributed by atoms with Gasteiger partial charge in [-0.25, -0.2) is 0 Å². The Hall–Kier alpha value is -2.55. The molecule has 106 valence electrons. The van der Waals surface area contributed by atoms with Crippen molar-refractivity contribution in [1.82, 2.24) is 14.7 Å². The zero-order valence-electron chi connectivity index (χ0n) is 11.0. The van der Waals surface area contributed by atoms with Crippen LogP contribution >= 0.6 is 0 Å². The van der Waals surface area contributed by atoms with Gasteiger partial charge < -0.3 is 4.90 Å². The molecule has 0 N–H and O–H groups in total. The summed E-state index contributed by atoms with van der Waals surface area (Å²) in [5.74, 6) is 0. The van der Waals surface area contributed by atoms with Crippen LogP contribution in [0.3, 0.4) is 0 Å². The van der Waals surface area contributed by atoms with Crippen LogP contribution in [0.15, 0.2) is 18.3 Å². The minimum atomic E-state index is -0.649. The van der Waals surface area contributed by atoms with Crippen molar-refractivity contribution in [3.05, 3.63) is 38.6 Å². The van der Waals surface area contributed by atoms with Gasteiger partial charge in [-0.15, -0.1) is 0 Å². The number of fused-ring (bicyclic) bond motifs is 1. The van der Waals surface area contributed by atoms with Crippen molar-refractivity contribution in [2.75, 3.05) is 20.6 Å². The predicted octanol–water partition coefficient (Wildman–Crippen LogP) is 1.41. The van der Waals surface area contributed by atoms with Gasteiger partial charge in [-0.1, -0.05) is 0 Å². The third kappa shape index (κ3) is 2.57. The Kier molecular flexibility index (Phi) is 3.61. The van der Waals surface area contributed by atoms with Crippen LogP contribution in [0.1, 0.15) is 0 Å². The van der Waals surface area contributed by atoms with Gasteiger partial charge in [0.25, 0.3) is 5.69 Å². The van der Waals surface area contributed by atoms with E-state index >= 15 is 0 Å². The van der Waals surface area contributed by atoms with Gasteiger partial charge in [-0.3, -0.25) is 24.9 Å². The predicted molar refractivity (Wildman–Crippen MR) is 71.6 cm³/mol. The van der Waals surface area contributed by atoms with E-state index in [0.29, 0.717) is 24.0 Å². The van der Waals surface area contributed by atoms with Crippen LogP contribution in [-0.2, 0) is 6.54 Å². The maximum Gasteiger partial charge on any atom is 0.301 e. The number of non-ortho nitro benzene ring substituents is 2. The zero-order chi connectivity index (χ0) is 14.9. The summed E-state index contributed by atoms with van der Waals surface area (Å²) in [4.78, 5) is 22.6. The molecule has 0 atom stereocenters. The summed E-state index contributed by atoms with van der Waals surface area (Å²) in [7, 11) is 3.76. The number of nitro benzene ring substituents is 2. The van der Waals surface area contributed by atoms with E-state index in [1.165, 1.54) is 16.9 Å². The largest absolute Gasteiger partial charge is 0.308 e. The normalized spacial score (nSPS) is 11.2. The van der Waals surface area contributed by atoms with Gasteiger partial charge in [0, 0.05) is 18.0 Å². The molecule has 2 rings (SSSR count). The Bertz CT molecular complexity index is 679. The number of aromatic nitrogens is 2. The number of rotatable bonds is 5. The van der Waals surface area contributed by atoms with E-state index in [4.69, 9.17) is 0 Å². The van der Waals surface area contributed by atoms with E-state index in [0.717, 1.165) is 6.07 Å². The van der Waals surface area contributed by atoms with Gasteiger partial charge in [0.05, 0.1) is 28.7 Å². The van der Waals surface area contributed by atoms with Crippen LogP contribution in [0.25, 0.3) is 10.9 Å². The van der Waals surface area contributed by atoms with Crippen LogP contribution in [0, 0.1) is 20.2 Å². The standard InChI is InChI=1S/C11H13N5O4/c1-13(2)3-4-14-11-8(7-12-14)5-9(15(17)18)6-10(11)16(19)20/h5-7H,3-4H2,1-2H3. The fourth-order valence-electron chi connectivity index (χ4n) is 1.90. The van der Waals surface area contributed by atoms with Crippen molar-refractivity contribution in [2.24, 2.45) is 0 Å². The van der Waals surface area contributed by atoms with Crippen LogP contribution in [-0.4, -0.2) is 45.2 Å². The molecule has 1 heterocycles. The van der Waals surface area contributed by atoms with E-state index < -0.39 is 9.85 Å². The number of likely N-dealkylation sites (N-methyl/N-ethyl adjacent to an activating group) is 1. The van der Waals surface area contributed by atoms with Crippen molar-refractivity contribution < 1.29 is 9.85 Å². The second kappa shape index (κ2) is 5.21. The molecule has 0 amide bonds. The minimum Gasteiger partial charge on any atom is -0.308 e. The Balaban J connectivity index is 2.58. The quantitative estimate of drug-likeness (QED) is 0.605. The summed E-state index contributed by atoms with van der Waals surface area (Å²) < 4.78 is 1.50. The maximum absolute atomic E-state index is 11.1. The maximum atomic E-state index is 11.1. The van der Waals surface area contributed by atoms with Gasteiger partial charge in [0.15, 0.2) is 0 Å². The van der Waals surface area contributed by atoms with E-state index in [1.807, 2.05) is 19.0 Å². The van der Waals surface area contributed by atoms with Crippen LogP contribution < -0.4 is 0 Å². The molecule has 9 nitrogen and oxygen atoms in total. The van der Waals surface area contributed by atoms with Crippen LogP contribution in [0.5, 0.6) is 0 Å². The first-order valence-electron chi connectivity index (χ1n) is 5.83. The Morgan fingerprint density at radius 1 is 1.25 bits per heavy atom. The molecule has 0 fully saturated rings. The van der Waals surface area contributed by atoms with Gasteiger partial charge in [0.1, 0.15) is 5.52 Å². The molecular weight excluding hydrogens is 266 g/mol.